The van der Waals surface area contributed by atoms with E-state index >= 15 is 0 Å². The number of alkyl halides is 1. The fourth-order valence-corrected chi connectivity index (χ4v) is 3.93. The lowest BCUT2D eigenvalue weighted by Crippen LogP contribution is -2.15. The van der Waals surface area contributed by atoms with Crippen molar-refractivity contribution in [3.8, 4) is 0 Å². The molecule has 2 rings (SSSR count). The summed E-state index contributed by atoms with van der Waals surface area (Å²) in [4.78, 5) is 0. The van der Waals surface area contributed by atoms with Crippen molar-refractivity contribution in [1.29, 1.82) is 0 Å². The number of hydrogen-bond donors (Lipinski definition) is 0. The SMILES string of the molecule is BrCC(Cc1ccsc1)C1CCCC1. The topological polar surface area (TPSA) is 0 Å². The largest absolute Gasteiger partial charge is 0.152 e. The summed E-state index contributed by atoms with van der Waals surface area (Å²) in [7, 11) is 0. The summed E-state index contributed by atoms with van der Waals surface area (Å²) in [5, 5.41) is 5.66. The van der Waals surface area contributed by atoms with Crippen LogP contribution in [0.2, 0.25) is 0 Å². The van der Waals surface area contributed by atoms with Crippen LogP contribution in [0.3, 0.4) is 0 Å². The smallest absolute Gasteiger partial charge is 0.00655 e. The Labute approximate surface area is 98.9 Å². The lowest BCUT2D eigenvalue weighted by Gasteiger charge is -2.20. The van der Waals surface area contributed by atoms with Crippen molar-refractivity contribution in [3.05, 3.63) is 22.4 Å². The summed E-state index contributed by atoms with van der Waals surface area (Å²) < 4.78 is 0. The molecule has 0 spiro atoms. The van der Waals surface area contributed by atoms with Crippen LogP contribution in [0.4, 0.5) is 0 Å². The second kappa shape index (κ2) is 5.32. The Kier molecular flexibility index (Phi) is 4.06. The molecule has 1 aliphatic rings. The minimum absolute atomic E-state index is 0.868. The molecule has 0 bridgehead atoms. The summed E-state index contributed by atoms with van der Waals surface area (Å²) in [6.45, 7) is 0. The van der Waals surface area contributed by atoms with E-state index in [0.717, 1.165) is 11.8 Å². The molecule has 14 heavy (non-hydrogen) atoms. The van der Waals surface area contributed by atoms with Gasteiger partial charge >= 0.3 is 0 Å². The molecule has 1 atom stereocenters. The van der Waals surface area contributed by atoms with Crippen LogP contribution in [0.25, 0.3) is 0 Å². The summed E-state index contributed by atoms with van der Waals surface area (Å²) in [5.74, 6) is 1.85. The fraction of sp³-hybridized carbons (Fsp3) is 0.667. The standard InChI is InChI=1S/C12H17BrS/c13-8-12(11-3-1-2-4-11)7-10-5-6-14-9-10/h5-6,9,11-12H,1-4,7-8H2. The van der Waals surface area contributed by atoms with Crippen molar-refractivity contribution in [2.24, 2.45) is 11.8 Å². The van der Waals surface area contributed by atoms with Crippen LogP contribution in [-0.2, 0) is 6.42 Å². The molecule has 0 N–H and O–H groups in total. The first-order chi connectivity index (χ1) is 6.90. The average molecular weight is 273 g/mol. The molecule has 1 aromatic rings. The summed E-state index contributed by atoms with van der Waals surface area (Å²) in [6.07, 6.45) is 7.11. The normalized spacial score (nSPS) is 20.1. The van der Waals surface area contributed by atoms with Gasteiger partial charge in [0, 0.05) is 5.33 Å². The number of hydrogen-bond acceptors (Lipinski definition) is 1. The van der Waals surface area contributed by atoms with Crippen LogP contribution in [-0.4, -0.2) is 5.33 Å². The highest BCUT2D eigenvalue weighted by molar-refractivity contribution is 9.09. The van der Waals surface area contributed by atoms with Gasteiger partial charge in [0.15, 0.2) is 0 Å². The van der Waals surface area contributed by atoms with Gasteiger partial charge in [0.25, 0.3) is 0 Å². The summed E-state index contributed by atoms with van der Waals surface area (Å²) in [5.41, 5.74) is 1.53. The number of thiophene rings is 1. The molecule has 78 valence electrons. The van der Waals surface area contributed by atoms with Gasteiger partial charge in [-0.05, 0) is 40.6 Å². The molecule has 1 fully saturated rings. The maximum atomic E-state index is 3.68. The molecule has 1 unspecified atom stereocenters. The van der Waals surface area contributed by atoms with E-state index < -0.39 is 0 Å². The third-order valence-corrected chi connectivity index (χ3v) is 4.91. The van der Waals surface area contributed by atoms with Gasteiger partial charge in [-0.15, -0.1) is 0 Å². The van der Waals surface area contributed by atoms with E-state index in [2.05, 4.69) is 32.8 Å². The molecule has 0 aromatic carbocycles. The number of halogens is 1. The van der Waals surface area contributed by atoms with E-state index in [0.29, 0.717) is 0 Å². The molecule has 1 saturated carbocycles. The Morgan fingerprint density at radius 2 is 2.21 bits per heavy atom. The number of rotatable bonds is 4. The molecule has 0 radical (unpaired) electrons. The van der Waals surface area contributed by atoms with Crippen LogP contribution in [0.5, 0.6) is 0 Å². The first kappa shape index (κ1) is 10.7. The van der Waals surface area contributed by atoms with Gasteiger partial charge < -0.3 is 0 Å². The molecule has 0 aliphatic heterocycles. The molecular formula is C12H17BrS. The van der Waals surface area contributed by atoms with Gasteiger partial charge in [0.2, 0.25) is 0 Å². The van der Waals surface area contributed by atoms with E-state index in [1.165, 1.54) is 43.0 Å². The highest BCUT2D eigenvalue weighted by Gasteiger charge is 2.24. The predicted molar refractivity (Wildman–Crippen MR) is 67.3 cm³/mol. The molecule has 0 amide bonds. The quantitative estimate of drug-likeness (QED) is 0.709. The zero-order valence-electron chi connectivity index (χ0n) is 8.42. The molecule has 0 nitrogen and oxygen atoms in total. The van der Waals surface area contributed by atoms with Crippen LogP contribution < -0.4 is 0 Å². The zero-order chi connectivity index (χ0) is 9.80. The Hall–Kier alpha value is 0.180. The second-order valence-corrected chi connectivity index (χ2v) is 5.72. The van der Waals surface area contributed by atoms with E-state index in [9.17, 15) is 0 Å². The fourth-order valence-electron chi connectivity index (χ4n) is 2.49. The molecular weight excluding hydrogens is 256 g/mol. The Bertz CT molecular complexity index is 249. The summed E-state index contributed by atoms with van der Waals surface area (Å²) in [6, 6.07) is 2.27. The van der Waals surface area contributed by atoms with Crippen molar-refractivity contribution in [1.82, 2.24) is 0 Å². The highest BCUT2D eigenvalue weighted by Crippen LogP contribution is 2.34. The third-order valence-electron chi connectivity index (χ3n) is 3.34. The van der Waals surface area contributed by atoms with Crippen LogP contribution in [0, 0.1) is 11.8 Å². The van der Waals surface area contributed by atoms with Crippen molar-refractivity contribution in [2.45, 2.75) is 32.1 Å². The van der Waals surface area contributed by atoms with Crippen molar-refractivity contribution in [2.75, 3.05) is 5.33 Å². The third kappa shape index (κ3) is 2.60. The minimum atomic E-state index is 0.868. The van der Waals surface area contributed by atoms with E-state index in [-0.39, 0.29) is 0 Å². The highest BCUT2D eigenvalue weighted by atomic mass is 79.9. The van der Waals surface area contributed by atoms with Gasteiger partial charge in [-0.2, -0.15) is 11.3 Å². The lowest BCUT2D eigenvalue weighted by molar-refractivity contribution is 0.373. The Balaban J connectivity index is 1.92. The van der Waals surface area contributed by atoms with Crippen LogP contribution in [0.1, 0.15) is 31.2 Å². The Morgan fingerprint density at radius 1 is 1.43 bits per heavy atom. The summed E-state index contributed by atoms with van der Waals surface area (Å²) >= 11 is 5.49. The first-order valence-electron chi connectivity index (χ1n) is 5.47. The minimum Gasteiger partial charge on any atom is -0.152 e. The molecule has 2 heteroatoms. The average Bonchev–Trinajstić information content (AvgIpc) is 2.86. The molecule has 1 aliphatic carbocycles. The van der Waals surface area contributed by atoms with Gasteiger partial charge in [0.05, 0.1) is 0 Å². The Morgan fingerprint density at radius 3 is 2.79 bits per heavy atom. The predicted octanol–water partition coefficient (Wildman–Crippen LogP) is 4.49. The van der Waals surface area contributed by atoms with Crippen LogP contribution in [0.15, 0.2) is 16.8 Å². The first-order valence-corrected chi connectivity index (χ1v) is 7.53. The van der Waals surface area contributed by atoms with E-state index in [1.807, 2.05) is 11.3 Å². The monoisotopic (exact) mass is 272 g/mol. The van der Waals surface area contributed by atoms with Gasteiger partial charge in [-0.25, -0.2) is 0 Å². The van der Waals surface area contributed by atoms with Crippen molar-refractivity contribution < 1.29 is 0 Å². The maximum Gasteiger partial charge on any atom is 0.00655 e. The maximum absolute atomic E-state index is 3.68. The van der Waals surface area contributed by atoms with Crippen LogP contribution >= 0.6 is 27.3 Å². The molecule has 1 heterocycles. The second-order valence-electron chi connectivity index (χ2n) is 4.29. The van der Waals surface area contributed by atoms with E-state index in [4.69, 9.17) is 0 Å². The lowest BCUT2D eigenvalue weighted by atomic mass is 9.88. The van der Waals surface area contributed by atoms with Gasteiger partial charge in [-0.3, -0.25) is 0 Å². The molecule has 0 saturated heterocycles. The van der Waals surface area contributed by atoms with Crippen molar-refractivity contribution in [3.63, 3.8) is 0 Å². The van der Waals surface area contributed by atoms with Gasteiger partial charge in [-0.1, -0.05) is 41.6 Å². The zero-order valence-corrected chi connectivity index (χ0v) is 10.8. The van der Waals surface area contributed by atoms with Crippen molar-refractivity contribution >= 4 is 27.3 Å². The van der Waals surface area contributed by atoms with Gasteiger partial charge in [0.1, 0.15) is 0 Å². The molecule has 1 aromatic heterocycles. The van der Waals surface area contributed by atoms with E-state index in [1.54, 1.807) is 0 Å².